The number of nitrogens with zero attached hydrogens (tertiary/aromatic N) is 6. The highest BCUT2D eigenvalue weighted by molar-refractivity contribution is 8.00. The molecule has 46 heteroatoms. The molecule has 0 bridgehead atoms. The Bertz CT molecular complexity index is 5380. The second-order valence-corrected chi connectivity index (χ2v) is 37.3. The van der Waals surface area contributed by atoms with Crippen molar-refractivity contribution >= 4 is 150 Å². The third-order valence-corrected chi connectivity index (χ3v) is 25.8. The fourth-order valence-corrected chi connectivity index (χ4v) is 17.6. The number of aromatic amines is 3. The Balaban J connectivity index is 0.0000256. The average Bonchev–Trinajstić information content (AvgIpc) is 1.45. The zero-order valence-corrected chi connectivity index (χ0v) is 79.4. The summed E-state index contributed by atoms with van der Waals surface area (Å²) in [6.07, 6.45) is 4.96. The number of hydrogen-bond acceptors (Lipinski definition) is 23. The minimum Gasteiger partial charge on any atom is -0.394 e. The Morgan fingerprint density at radius 2 is 1.15 bits per heavy atom. The number of likely N-dealkylation sites (N-methyl/N-ethyl adjacent to an activating group) is 4. The molecule has 5 heterocycles. The van der Waals surface area contributed by atoms with Crippen LogP contribution in [0, 0.1) is 17.2 Å². The largest absolute Gasteiger partial charge is 0.394 e. The zero-order chi connectivity index (χ0) is 99.9. The number of benzene rings is 3. The van der Waals surface area contributed by atoms with E-state index < -0.39 is 245 Å². The number of carbonyl (C=O) groups is 17. The van der Waals surface area contributed by atoms with E-state index in [4.69, 9.17) is 27.7 Å². The topological polar surface area (TPSA) is 669 Å². The summed E-state index contributed by atoms with van der Waals surface area (Å²) in [6.45, 7) is 5.83. The Hall–Kier alpha value is -13.4. The SMILES string of the molecule is C.CCCC[C@H]1C(=O)N(C)[C@@H](CCCC)C(=O)N[C@@H](CCCNC(=N)N)C(=O)N[C@H](C(=O)NCC(N)=O)CSCC(=O)N[C@@H](Cc2ccc(S(N)(=O)=O)cc2)C(=O)N(C)[C@@H](C)C(=O)N[C@@H](CC(N)=O)C(=O)N2CCC[C@H]2C(=O)N[C@@H](Cc2cnc[nH]2)C(=O)N[C@@H](CC(C)C)C(=O)N(C)CC(=O)C[C@@H](Cc2c[nH]c3ccccc23)C(=O)N[C@@H](CO)C(=O)N[C@@H](Cc2c[nH]c3ccccc23)C(=O)N1C. The molecule has 0 unspecified atom stereocenters. The van der Waals surface area contributed by atoms with Crippen LogP contribution in [0.15, 0.2) is 103 Å². The van der Waals surface area contributed by atoms with E-state index in [2.05, 4.69) is 73.1 Å². The Labute approximate surface area is 799 Å². The lowest BCUT2D eigenvalue weighted by atomic mass is 9.92. The van der Waals surface area contributed by atoms with Crippen LogP contribution in [0.2, 0.25) is 0 Å². The van der Waals surface area contributed by atoms with E-state index in [0.717, 1.165) is 48.4 Å². The van der Waals surface area contributed by atoms with Crippen molar-refractivity contribution in [1.82, 2.24) is 97.6 Å². The number of H-pyrrole nitrogens is 3. The van der Waals surface area contributed by atoms with Gasteiger partial charge in [0.15, 0.2) is 11.7 Å². The number of imidazole rings is 1. The summed E-state index contributed by atoms with van der Waals surface area (Å²) in [4.78, 5) is 268. The fraction of sp³-hybridized carbons (Fsp3) is 0.527. The van der Waals surface area contributed by atoms with Crippen LogP contribution in [0.25, 0.3) is 21.8 Å². The maximum Gasteiger partial charge on any atom is 0.246 e. The number of ketones is 1. The molecule has 0 saturated carbocycles. The zero-order valence-electron chi connectivity index (χ0n) is 77.8. The molecular weight excluding hydrogens is 1810 g/mol. The van der Waals surface area contributed by atoms with E-state index in [1.165, 1.54) is 59.8 Å². The summed E-state index contributed by atoms with van der Waals surface area (Å²) in [5.41, 5.74) is 19.8. The molecule has 13 atom stereocenters. The number of nitrogens with two attached hydrogens (primary N) is 4. The first-order valence-electron chi connectivity index (χ1n) is 45.1. The maximum absolute atomic E-state index is 15.7. The van der Waals surface area contributed by atoms with E-state index in [0.29, 0.717) is 64.3 Å². The van der Waals surface area contributed by atoms with Gasteiger partial charge >= 0.3 is 0 Å². The molecule has 2 saturated heterocycles. The number of rotatable bonds is 27. The Morgan fingerprint density at radius 1 is 0.584 bits per heavy atom. The van der Waals surface area contributed by atoms with Gasteiger partial charge in [0.25, 0.3) is 0 Å². The predicted octanol–water partition coefficient (Wildman–Crippen LogP) is -1.76. The number of thioether (sulfide) groups is 1. The fourth-order valence-electron chi connectivity index (χ4n) is 16.3. The summed E-state index contributed by atoms with van der Waals surface area (Å²) in [7, 11) is 0.918. The molecule has 2 aliphatic rings. The lowest BCUT2D eigenvalue weighted by Crippen LogP contribution is -2.61. The number of Topliss-reactive ketones (excluding diaryl/α,β-unsaturated/α-hetero) is 1. The number of fused-ring (bicyclic) bond motifs is 3. The molecule has 16 amide bonds. The van der Waals surface area contributed by atoms with E-state index in [1.54, 1.807) is 74.8 Å². The van der Waals surface area contributed by atoms with Gasteiger partial charge in [-0.25, -0.2) is 18.5 Å². The van der Waals surface area contributed by atoms with E-state index in [9.17, 15) is 71.1 Å². The molecule has 6 aromatic rings. The smallest absolute Gasteiger partial charge is 0.246 e. The van der Waals surface area contributed by atoms with Crippen molar-refractivity contribution < 1.29 is 95.0 Å². The molecule has 0 radical (unpaired) electrons. The van der Waals surface area contributed by atoms with Crippen molar-refractivity contribution in [2.24, 2.45) is 34.2 Å². The first-order valence-corrected chi connectivity index (χ1v) is 47.8. The minimum absolute atomic E-state index is 0. The van der Waals surface area contributed by atoms with Crippen LogP contribution >= 0.6 is 11.8 Å². The van der Waals surface area contributed by atoms with Crippen molar-refractivity contribution in [2.45, 2.75) is 229 Å². The summed E-state index contributed by atoms with van der Waals surface area (Å²) in [5, 5.41) is 52.0. The van der Waals surface area contributed by atoms with Gasteiger partial charge in [-0.3, -0.25) is 86.9 Å². The van der Waals surface area contributed by atoms with Gasteiger partial charge in [0.1, 0.15) is 72.5 Å². The van der Waals surface area contributed by atoms with Gasteiger partial charge in [-0.05, 0) is 105 Å². The molecule has 3 aromatic heterocycles. The molecule has 137 heavy (non-hydrogen) atoms. The van der Waals surface area contributed by atoms with Crippen LogP contribution in [0.3, 0.4) is 0 Å². The number of para-hydroxylation sites is 2. The van der Waals surface area contributed by atoms with Crippen LogP contribution in [-0.4, -0.2) is 309 Å². The number of aliphatic hydroxyl groups is 1. The molecule has 2 aliphatic heterocycles. The van der Waals surface area contributed by atoms with Crippen LogP contribution in [-0.2, 0) is 117 Å². The van der Waals surface area contributed by atoms with Gasteiger partial charge < -0.3 is 115 Å². The highest BCUT2D eigenvalue weighted by atomic mass is 32.2. The van der Waals surface area contributed by atoms with E-state index in [-0.39, 0.29) is 101 Å². The third-order valence-electron chi connectivity index (χ3n) is 23.8. The number of hydrogen-bond donors (Lipinski definition) is 19. The monoisotopic (exact) mass is 1940 g/mol. The highest BCUT2D eigenvalue weighted by Crippen LogP contribution is 2.28. The van der Waals surface area contributed by atoms with Crippen molar-refractivity contribution in [3.05, 3.63) is 120 Å². The predicted molar refractivity (Wildman–Crippen MR) is 509 cm³/mol. The normalized spacial score (nSPS) is 23.2. The molecule has 748 valence electrons. The van der Waals surface area contributed by atoms with Crippen molar-refractivity contribution in [2.75, 3.05) is 72.5 Å². The molecule has 2 fully saturated rings. The van der Waals surface area contributed by atoms with E-state index >= 15 is 24.0 Å². The number of unbranched alkanes of at least 4 members (excludes halogenated alkanes) is 2. The third kappa shape index (κ3) is 32.1. The summed E-state index contributed by atoms with van der Waals surface area (Å²) < 4.78 is 24.7. The maximum atomic E-state index is 15.7. The number of amides is 16. The number of primary sulfonamides is 1. The molecule has 0 aliphatic carbocycles. The lowest BCUT2D eigenvalue weighted by Gasteiger charge is -2.36. The van der Waals surface area contributed by atoms with Gasteiger partial charge in [-0.15, -0.1) is 11.8 Å². The molecule has 0 spiro atoms. The van der Waals surface area contributed by atoms with Crippen LogP contribution in [0.4, 0.5) is 0 Å². The number of aromatic nitrogens is 4. The highest BCUT2D eigenvalue weighted by Gasteiger charge is 2.44. The first-order chi connectivity index (χ1) is 64.5. The average molecular weight is 1950 g/mol. The molecule has 23 N–H and O–H groups in total. The van der Waals surface area contributed by atoms with Gasteiger partial charge in [0, 0.05) is 125 Å². The Morgan fingerprint density at radius 3 is 1.74 bits per heavy atom. The number of sulfonamides is 1. The second kappa shape index (κ2) is 52.6. The second-order valence-electron chi connectivity index (χ2n) is 34.7. The molecular formula is C91H132N24O20S2. The van der Waals surface area contributed by atoms with Gasteiger partial charge in [0.2, 0.25) is 105 Å². The van der Waals surface area contributed by atoms with Crippen LogP contribution in [0.5, 0.6) is 0 Å². The number of guanidine groups is 1. The molecule has 3 aromatic carbocycles. The number of carbonyl (C=O) groups excluding carboxylic acids is 17. The van der Waals surface area contributed by atoms with Crippen LogP contribution < -0.4 is 75.5 Å². The number of aliphatic hydroxyl groups excluding tert-OH is 1. The van der Waals surface area contributed by atoms with Crippen molar-refractivity contribution in [3.8, 4) is 0 Å². The molecule has 8 rings (SSSR count). The Kier molecular flexibility index (Phi) is 42.5. The van der Waals surface area contributed by atoms with Crippen LogP contribution in [0.1, 0.15) is 148 Å². The standard InChI is InChI=1S/C90H128N24O20S2.CH4/c1-10-12-25-71-83(126)103-63(24-18-32-97-90(93)94)80(123)109-70(79(122)100-44-75(92)118)47-135-48-76(119)102-66(35-52-28-30-58(31-29-52)136(95,133)134)86(129)111(7)51(5)77(120)105-68(40-74(91)117)88(131)114-33-19-27-72(114)84(127)104-64(39-56-43-96-49-101-56)81(124)106-65(34-50(3)4)85(128)110(6)45-57(116)37-53(36-54-41-98-61-22-16-14-20-59(54)61)78(121)108-69(46-115)82(125)107-67(38-55-42-99-62-23-17-15-21-60(55)62)87(130)113(9)73(26-13-11-2)89(132)112(71)8;/h14-17,20-23,28-31,41-43,49-51,53,63-73,98-99,115H,10-13,18-19,24-27,32-40,44-48H2,1-9H3,(H2,91,117)(H2,92,118)(H,96,101)(H,100,122)(H,102,119)(H,103,126)(H,104,127)(H,105,120)(H,106,124)(H,107,125)(H,108,121)(H,109,123)(H4,93,94,97)(H2,95,133,134);1H4/t51-,53+,63-,64-,65-,66-,67-,68-,69-,70-,71-,72-,73-;/m0./s1. The minimum atomic E-state index is -4.25. The number of primary amides is 2. The van der Waals surface area contributed by atoms with Gasteiger partial charge in [-0.2, -0.15) is 0 Å². The lowest BCUT2D eigenvalue weighted by molar-refractivity contribution is -0.149. The summed E-state index contributed by atoms with van der Waals surface area (Å²) in [5.74, 6) is -18.9. The van der Waals surface area contributed by atoms with Gasteiger partial charge in [0.05, 0.1) is 43.1 Å². The first kappa shape index (κ1) is 111. The summed E-state index contributed by atoms with van der Waals surface area (Å²) >= 11 is 0.721. The molecule has 44 nitrogen and oxygen atoms in total. The number of nitrogens with one attached hydrogen (secondary N) is 14. The van der Waals surface area contributed by atoms with Crippen molar-refractivity contribution in [1.29, 1.82) is 5.41 Å². The van der Waals surface area contributed by atoms with Crippen molar-refractivity contribution in [3.63, 3.8) is 0 Å². The summed E-state index contributed by atoms with van der Waals surface area (Å²) in [6, 6.07) is 0.404. The van der Waals surface area contributed by atoms with E-state index in [1.807, 2.05) is 13.8 Å². The van der Waals surface area contributed by atoms with Gasteiger partial charge in [-0.1, -0.05) is 109 Å². The quantitative estimate of drug-likeness (QED) is 0.0154.